The van der Waals surface area contributed by atoms with E-state index in [0.29, 0.717) is 32.1 Å². The fraction of sp³-hybridized carbons (Fsp3) is 1.00. The summed E-state index contributed by atoms with van der Waals surface area (Å²) in [5.41, 5.74) is 0. The first kappa shape index (κ1) is 19.1. The molecule has 2 saturated heterocycles. The molecule has 2 aliphatic rings. The van der Waals surface area contributed by atoms with Crippen LogP contribution in [0, 0.1) is 5.92 Å². The second kappa shape index (κ2) is 8.20. The van der Waals surface area contributed by atoms with E-state index in [1.807, 2.05) is 0 Å². The average molecular weight is 334 g/mol. The van der Waals surface area contributed by atoms with E-state index in [4.69, 9.17) is 19.3 Å². The van der Waals surface area contributed by atoms with Crippen molar-refractivity contribution in [1.29, 1.82) is 0 Å². The van der Waals surface area contributed by atoms with Gasteiger partial charge in [-0.1, -0.05) is 6.92 Å². The Hall–Kier alpha value is -0.280. The Morgan fingerprint density at radius 1 is 1.17 bits per heavy atom. The van der Waals surface area contributed by atoms with E-state index in [9.17, 15) is 15.3 Å². The summed E-state index contributed by atoms with van der Waals surface area (Å²) in [6.45, 7) is 1.52. The molecule has 2 heterocycles. The molecular formula is C16H30O7. The maximum absolute atomic E-state index is 10.2. The minimum absolute atomic E-state index is 0.0888. The molecule has 0 unspecified atom stereocenters. The van der Waals surface area contributed by atoms with E-state index >= 15 is 0 Å². The Balaban J connectivity index is 2.07. The fourth-order valence-electron chi connectivity index (χ4n) is 3.54. The molecule has 7 heteroatoms. The van der Waals surface area contributed by atoms with Gasteiger partial charge in [0.05, 0.1) is 37.1 Å². The van der Waals surface area contributed by atoms with Gasteiger partial charge in [-0.25, -0.2) is 0 Å². The summed E-state index contributed by atoms with van der Waals surface area (Å²) in [7, 11) is 1.62. The lowest BCUT2D eigenvalue weighted by molar-refractivity contribution is -0.344. The molecule has 0 aromatic rings. The van der Waals surface area contributed by atoms with E-state index in [1.165, 1.54) is 0 Å². The summed E-state index contributed by atoms with van der Waals surface area (Å²) in [5, 5.41) is 38.8. The van der Waals surface area contributed by atoms with Crippen molar-refractivity contribution in [1.82, 2.24) is 0 Å². The molecule has 0 bridgehead atoms. The smallest absolute Gasteiger partial charge is 0.174 e. The van der Waals surface area contributed by atoms with Gasteiger partial charge in [-0.2, -0.15) is 0 Å². The predicted octanol–water partition coefficient (Wildman–Crippen LogP) is -0.212. The van der Waals surface area contributed by atoms with Gasteiger partial charge < -0.3 is 34.6 Å². The van der Waals surface area contributed by atoms with E-state index in [-0.39, 0.29) is 31.3 Å². The monoisotopic (exact) mass is 334 g/mol. The highest BCUT2D eigenvalue weighted by Crippen LogP contribution is 2.41. The van der Waals surface area contributed by atoms with E-state index in [1.54, 1.807) is 14.0 Å². The number of rotatable bonds is 6. The van der Waals surface area contributed by atoms with Crippen LogP contribution in [-0.4, -0.2) is 77.1 Å². The number of aliphatic hydroxyl groups excluding tert-OH is 4. The second-order valence-corrected chi connectivity index (χ2v) is 6.93. The minimum Gasteiger partial charge on any atom is -0.396 e. The second-order valence-electron chi connectivity index (χ2n) is 6.93. The molecule has 2 fully saturated rings. The average Bonchev–Trinajstić information content (AvgIpc) is 2.52. The molecule has 23 heavy (non-hydrogen) atoms. The van der Waals surface area contributed by atoms with Gasteiger partial charge in [0.1, 0.15) is 0 Å². The van der Waals surface area contributed by atoms with Crippen LogP contribution in [-0.2, 0) is 14.2 Å². The van der Waals surface area contributed by atoms with E-state index in [0.717, 1.165) is 0 Å². The van der Waals surface area contributed by atoms with Gasteiger partial charge in [0.15, 0.2) is 5.79 Å². The Morgan fingerprint density at radius 2 is 1.87 bits per heavy atom. The number of ether oxygens (including phenoxy) is 3. The molecule has 0 saturated carbocycles. The molecule has 4 N–H and O–H groups in total. The zero-order valence-corrected chi connectivity index (χ0v) is 13.9. The summed E-state index contributed by atoms with van der Waals surface area (Å²) in [6.07, 6.45) is 0.0502. The number of methoxy groups -OCH3 is 1. The van der Waals surface area contributed by atoms with Gasteiger partial charge >= 0.3 is 0 Å². The first-order valence-electron chi connectivity index (χ1n) is 8.37. The SMILES string of the molecule is CO[C@H]1C[C@@H](C[C@@H](O)[C@@H](C)CO)O[C@@]2(C[C@@H](O)C[C@H](CO)O2)C1. The highest BCUT2D eigenvalue weighted by molar-refractivity contribution is 4.91. The topological polar surface area (TPSA) is 109 Å². The third kappa shape index (κ3) is 4.85. The van der Waals surface area contributed by atoms with Gasteiger partial charge in [-0.05, 0) is 0 Å². The van der Waals surface area contributed by atoms with Crippen LogP contribution in [0.2, 0.25) is 0 Å². The summed E-state index contributed by atoms with van der Waals surface area (Å²) < 4.78 is 17.5. The summed E-state index contributed by atoms with van der Waals surface area (Å²) in [4.78, 5) is 0. The van der Waals surface area contributed by atoms with Crippen LogP contribution in [0.15, 0.2) is 0 Å². The highest BCUT2D eigenvalue weighted by Gasteiger charge is 2.48. The zero-order chi connectivity index (χ0) is 17.0. The first-order valence-corrected chi connectivity index (χ1v) is 8.37. The molecular weight excluding hydrogens is 304 g/mol. The van der Waals surface area contributed by atoms with Crippen LogP contribution < -0.4 is 0 Å². The van der Waals surface area contributed by atoms with Gasteiger partial charge in [-0.15, -0.1) is 0 Å². The van der Waals surface area contributed by atoms with Crippen LogP contribution in [0.3, 0.4) is 0 Å². The van der Waals surface area contributed by atoms with Crippen LogP contribution in [0.4, 0.5) is 0 Å². The third-order valence-electron chi connectivity index (χ3n) is 4.90. The van der Waals surface area contributed by atoms with Gasteiger partial charge in [0.2, 0.25) is 0 Å². The lowest BCUT2D eigenvalue weighted by atomic mass is 9.87. The molecule has 0 aliphatic carbocycles. The molecule has 0 aromatic heterocycles. The van der Waals surface area contributed by atoms with Gasteiger partial charge in [-0.3, -0.25) is 0 Å². The van der Waals surface area contributed by atoms with Gasteiger partial charge in [0, 0.05) is 51.7 Å². The summed E-state index contributed by atoms with van der Waals surface area (Å²) >= 11 is 0. The predicted molar refractivity (Wildman–Crippen MR) is 81.7 cm³/mol. The molecule has 0 radical (unpaired) electrons. The van der Waals surface area contributed by atoms with Crippen molar-refractivity contribution in [2.24, 2.45) is 5.92 Å². The van der Waals surface area contributed by atoms with Crippen molar-refractivity contribution >= 4 is 0 Å². The molecule has 1 spiro atoms. The van der Waals surface area contributed by atoms with Crippen molar-refractivity contribution in [3.05, 3.63) is 0 Å². The lowest BCUT2D eigenvalue weighted by Gasteiger charge is -2.49. The van der Waals surface area contributed by atoms with E-state index < -0.39 is 24.1 Å². The van der Waals surface area contributed by atoms with Crippen LogP contribution in [0.25, 0.3) is 0 Å². The fourth-order valence-corrected chi connectivity index (χ4v) is 3.54. The Bertz CT molecular complexity index is 362. The number of hydrogen-bond acceptors (Lipinski definition) is 7. The van der Waals surface area contributed by atoms with Crippen molar-refractivity contribution in [3.8, 4) is 0 Å². The molecule has 2 aliphatic heterocycles. The molecule has 2 rings (SSSR count). The number of hydrogen-bond donors (Lipinski definition) is 4. The Kier molecular flexibility index (Phi) is 6.79. The minimum atomic E-state index is -0.989. The number of aliphatic hydroxyl groups is 4. The van der Waals surface area contributed by atoms with Crippen molar-refractivity contribution < 1.29 is 34.6 Å². The molecule has 0 amide bonds. The Morgan fingerprint density at radius 3 is 2.48 bits per heavy atom. The first-order chi connectivity index (χ1) is 10.9. The standard InChI is InChI=1S/C16H30O7/c1-10(8-17)15(20)5-12-4-13(21-2)7-16(22-12)6-11(19)3-14(9-18)23-16/h10-15,17-20H,3-9H2,1-2H3/t10-,11-,12-,13-,14+,15+,16+/m0/s1. The maximum Gasteiger partial charge on any atom is 0.174 e. The molecule has 0 aromatic carbocycles. The maximum atomic E-state index is 10.2. The van der Waals surface area contributed by atoms with Crippen LogP contribution in [0.5, 0.6) is 0 Å². The highest BCUT2D eigenvalue weighted by atomic mass is 16.7. The summed E-state index contributed by atoms with van der Waals surface area (Å²) in [6, 6.07) is 0. The third-order valence-corrected chi connectivity index (χ3v) is 4.90. The Labute approximate surface area is 137 Å². The van der Waals surface area contributed by atoms with Crippen molar-refractivity contribution in [2.75, 3.05) is 20.3 Å². The molecule has 7 atom stereocenters. The lowest BCUT2D eigenvalue weighted by Crippen LogP contribution is -2.56. The molecule has 136 valence electrons. The normalized spacial score (nSPS) is 41.0. The zero-order valence-electron chi connectivity index (χ0n) is 13.9. The van der Waals surface area contributed by atoms with Crippen molar-refractivity contribution in [2.45, 2.75) is 75.3 Å². The van der Waals surface area contributed by atoms with Gasteiger partial charge in [0.25, 0.3) is 0 Å². The molecule has 7 nitrogen and oxygen atoms in total. The van der Waals surface area contributed by atoms with Crippen LogP contribution in [0.1, 0.15) is 39.0 Å². The summed E-state index contributed by atoms with van der Waals surface area (Å²) in [5.74, 6) is -1.22. The van der Waals surface area contributed by atoms with Crippen molar-refractivity contribution in [3.63, 3.8) is 0 Å². The van der Waals surface area contributed by atoms with Crippen LogP contribution >= 0.6 is 0 Å². The van der Waals surface area contributed by atoms with E-state index in [2.05, 4.69) is 0 Å². The largest absolute Gasteiger partial charge is 0.396 e. The quantitative estimate of drug-likeness (QED) is 0.532.